The summed E-state index contributed by atoms with van der Waals surface area (Å²) in [6.45, 7) is 8.85. The van der Waals surface area contributed by atoms with Crippen molar-refractivity contribution in [1.29, 1.82) is 0 Å². The van der Waals surface area contributed by atoms with E-state index in [4.69, 9.17) is 9.47 Å². The Labute approximate surface area is 358 Å². The first-order valence-electron chi connectivity index (χ1n) is 21.4. The van der Waals surface area contributed by atoms with Gasteiger partial charge in [0.15, 0.2) is 0 Å². The Hall–Kier alpha value is -7.24. The summed E-state index contributed by atoms with van der Waals surface area (Å²) in [4.78, 5) is 4.77. The molecular weight excluding hydrogens is 743 g/mol. The van der Waals surface area contributed by atoms with Crippen LogP contribution in [-0.4, -0.2) is 6.71 Å². The van der Waals surface area contributed by atoms with E-state index >= 15 is 0 Å². The van der Waals surface area contributed by atoms with Gasteiger partial charge in [-0.2, -0.15) is 0 Å². The van der Waals surface area contributed by atoms with Gasteiger partial charge in [-0.25, -0.2) is 0 Å². The third-order valence-corrected chi connectivity index (χ3v) is 12.5. The average Bonchev–Trinajstić information content (AvgIpc) is 3.30. The van der Waals surface area contributed by atoms with E-state index < -0.39 is 0 Å². The molecule has 2 aliphatic heterocycles. The molecule has 0 aliphatic carbocycles. The second-order valence-electron chi connectivity index (χ2n) is 16.9. The van der Waals surface area contributed by atoms with Crippen molar-refractivity contribution in [2.24, 2.45) is 0 Å². The van der Waals surface area contributed by atoms with Crippen molar-refractivity contribution in [2.75, 3.05) is 9.80 Å². The molecule has 0 N–H and O–H groups in total. The summed E-state index contributed by atoms with van der Waals surface area (Å²) in [5, 5.41) is 4.61. The van der Waals surface area contributed by atoms with Crippen LogP contribution in [0.4, 0.5) is 34.1 Å². The number of hydrogen-bond donors (Lipinski definition) is 0. The Morgan fingerprint density at radius 1 is 0.344 bits per heavy atom. The maximum atomic E-state index is 7.08. The number of anilines is 6. The van der Waals surface area contributed by atoms with Crippen molar-refractivity contribution in [2.45, 2.75) is 39.5 Å². The van der Waals surface area contributed by atoms with Crippen LogP contribution in [-0.2, 0) is 0 Å². The van der Waals surface area contributed by atoms with Crippen LogP contribution < -0.4 is 35.7 Å². The van der Waals surface area contributed by atoms with E-state index in [0.29, 0.717) is 11.8 Å². The summed E-state index contributed by atoms with van der Waals surface area (Å²) >= 11 is 0. The van der Waals surface area contributed by atoms with Crippen LogP contribution in [0.15, 0.2) is 188 Å². The summed E-state index contributed by atoms with van der Waals surface area (Å²) in [7, 11) is 0. The lowest BCUT2D eigenvalue weighted by atomic mass is 9.33. The molecule has 0 atom stereocenters. The average molecular weight is 789 g/mol. The van der Waals surface area contributed by atoms with Gasteiger partial charge in [0, 0.05) is 51.1 Å². The second kappa shape index (κ2) is 14.8. The first kappa shape index (κ1) is 36.8. The summed E-state index contributed by atoms with van der Waals surface area (Å²) in [5.74, 6) is 4.11. The van der Waals surface area contributed by atoms with Crippen LogP contribution in [0.3, 0.4) is 0 Å². The number of fused-ring (bicyclic) bond motifs is 8. The van der Waals surface area contributed by atoms with Gasteiger partial charge in [0.05, 0.1) is 11.4 Å². The normalized spacial score (nSPS) is 12.5. The lowest BCUT2D eigenvalue weighted by Crippen LogP contribution is -2.58. The lowest BCUT2D eigenvalue weighted by Gasteiger charge is -2.37. The number of rotatable bonds is 8. The van der Waals surface area contributed by atoms with Gasteiger partial charge in [0.25, 0.3) is 6.71 Å². The minimum absolute atomic E-state index is 0.152. The number of benzene rings is 9. The Kier molecular flexibility index (Phi) is 8.93. The molecule has 2 heterocycles. The molecular formula is C56H45BN2O2. The molecule has 5 heteroatoms. The van der Waals surface area contributed by atoms with Gasteiger partial charge in [-0.3, -0.25) is 0 Å². The Balaban J connectivity index is 1.17. The molecule has 0 saturated heterocycles. The number of para-hydroxylation sites is 2. The first-order chi connectivity index (χ1) is 29.9. The SMILES string of the molecule is CC(C)c1cccc(N(c2ccccc2)c2cc3c(c4ccccc24)B2c4c(cccc4Oc4cc(N(c5ccccc5)c5cccc(C(C)C)c5)c5ccccc5c42)O3)c1. The van der Waals surface area contributed by atoms with E-state index in [1.807, 2.05) is 6.07 Å². The van der Waals surface area contributed by atoms with Crippen LogP contribution >= 0.6 is 0 Å². The fraction of sp³-hybridized carbons (Fsp3) is 0.107. The molecule has 0 aromatic heterocycles. The molecule has 0 radical (unpaired) electrons. The quantitative estimate of drug-likeness (QED) is 0.143. The highest BCUT2D eigenvalue weighted by atomic mass is 16.5. The van der Waals surface area contributed by atoms with E-state index in [1.54, 1.807) is 0 Å². The Morgan fingerprint density at radius 2 is 0.721 bits per heavy atom. The Morgan fingerprint density at radius 3 is 1.15 bits per heavy atom. The van der Waals surface area contributed by atoms with Crippen LogP contribution in [0, 0.1) is 0 Å². The number of ether oxygens (including phenoxy) is 2. The number of hydrogen-bond acceptors (Lipinski definition) is 4. The van der Waals surface area contributed by atoms with Crippen molar-refractivity contribution in [3.63, 3.8) is 0 Å². The van der Waals surface area contributed by atoms with E-state index in [2.05, 4.69) is 219 Å². The monoisotopic (exact) mass is 788 g/mol. The van der Waals surface area contributed by atoms with Gasteiger partial charge in [0.1, 0.15) is 23.0 Å². The van der Waals surface area contributed by atoms with Gasteiger partial charge in [-0.1, -0.05) is 143 Å². The lowest BCUT2D eigenvalue weighted by molar-refractivity contribution is 0.465. The maximum absolute atomic E-state index is 7.08. The molecule has 11 rings (SSSR count). The highest BCUT2D eigenvalue weighted by Gasteiger charge is 2.43. The maximum Gasteiger partial charge on any atom is 0.262 e. The van der Waals surface area contributed by atoms with Crippen molar-refractivity contribution in [3.05, 3.63) is 199 Å². The third-order valence-electron chi connectivity index (χ3n) is 12.5. The summed E-state index contributed by atoms with van der Waals surface area (Å²) in [6, 6.07) is 67.7. The van der Waals surface area contributed by atoms with Crippen LogP contribution in [0.1, 0.15) is 50.7 Å². The van der Waals surface area contributed by atoms with Crippen molar-refractivity contribution >= 4 is 78.8 Å². The largest absolute Gasteiger partial charge is 0.458 e. The highest BCUT2D eigenvalue weighted by molar-refractivity contribution is 7.01. The summed E-state index contributed by atoms with van der Waals surface area (Å²) in [6.07, 6.45) is 0. The van der Waals surface area contributed by atoms with Crippen LogP contribution in [0.5, 0.6) is 23.0 Å². The molecule has 0 bridgehead atoms. The Bertz CT molecular complexity index is 2920. The smallest absolute Gasteiger partial charge is 0.262 e. The predicted octanol–water partition coefficient (Wildman–Crippen LogP) is 13.9. The topological polar surface area (TPSA) is 24.9 Å². The van der Waals surface area contributed by atoms with Crippen LogP contribution in [0.2, 0.25) is 0 Å². The molecule has 0 spiro atoms. The molecule has 294 valence electrons. The predicted molar refractivity (Wildman–Crippen MR) is 257 cm³/mol. The zero-order chi connectivity index (χ0) is 41.2. The first-order valence-corrected chi connectivity index (χ1v) is 21.4. The van der Waals surface area contributed by atoms with E-state index in [1.165, 1.54) is 11.1 Å². The zero-order valence-electron chi connectivity index (χ0n) is 34.8. The van der Waals surface area contributed by atoms with Crippen molar-refractivity contribution < 1.29 is 9.47 Å². The van der Waals surface area contributed by atoms with Gasteiger partial charge in [-0.15, -0.1) is 0 Å². The molecule has 9 aromatic rings. The third kappa shape index (κ3) is 6.14. The van der Waals surface area contributed by atoms with E-state index in [9.17, 15) is 0 Å². The minimum atomic E-state index is -0.152. The van der Waals surface area contributed by atoms with Crippen LogP contribution in [0.25, 0.3) is 21.5 Å². The minimum Gasteiger partial charge on any atom is -0.458 e. The van der Waals surface area contributed by atoms with E-state index in [0.717, 1.165) is 95.1 Å². The second-order valence-corrected chi connectivity index (χ2v) is 16.9. The molecule has 0 amide bonds. The van der Waals surface area contributed by atoms with Gasteiger partial charge in [-0.05, 0) is 105 Å². The molecule has 61 heavy (non-hydrogen) atoms. The van der Waals surface area contributed by atoms with Gasteiger partial charge >= 0.3 is 0 Å². The fourth-order valence-corrected chi connectivity index (χ4v) is 9.55. The highest BCUT2D eigenvalue weighted by Crippen LogP contribution is 2.47. The fourth-order valence-electron chi connectivity index (χ4n) is 9.55. The summed E-state index contributed by atoms with van der Waals surface area (Å²) < 4.78 is 14.2. The van der Waals surface area contributed by atoms with Gasteiger partial charge in [0.2, 0.25) is 0 Å². The molecule has 0 unspecified atom stereocenters. The molecule has 0 saturated carbocycles. The standard InChI is InChI=1S/C56H45BN2O2/c1-36(2)38-18-15-24-42(32-38)58(40-20-7-5-8-21-40)48-34-52-54(46-28-13-11-26-44(46)48)57-55-47-29-14-12-27-45(47)49(35-53(55)61-51-31-17-30-50(60-52)56(51)57)59(41-22-9-6-10-23-41)43-25-16-19-39(33-43)37(3)4/h5-37H,1-4H3. The zero-order valence-corrected chi connectivity index (χ0v) is 34.8. The molecule has 2 aliphatic rings. The van der Waals surface area contributed by atoms with E-state index in [-0.39, 0.29) is 6.71 Å². The molecule has 0 fully saturated rings. The van der Waals surface area contributed by atoms with Crippen molar-refractivity contribution in [1.82, 2.24) is 0 Å². The summed E-state index contributed by atoms with van der Waals surface area (Å²) in [5.41, 5.74) is 12.5. The molecule has 9 aromatic carbocycles. The van der Waals surface area contributed by atoms with Crippen molar-refractivity contribution in [3.8, 4) is 23.0 Å². The van der Waals surface area contributed by atoms with Gasteiger partial charge < -0.3 is 19.3 Å². The number of nitrogens with zero attached hydrogens (tertiary/aromatic N) is 2. The molecule has 4 nitrogen and oxygen atoms in total.